The minimum atomic E-state index is -0.200. The van der Waals surface area contributed by atoms with Gasteiger partial charge in [0.25, 0.3) is 0 Å². The molecule has 2 N–H and O–H groups in total. The number of halogens is 1. The first-order chi connectivity index (χ1) is 15.9. The SMILES string of the molecule is CCC(=Cc1cc(C)c(-c2ccc(NC3CCCC3)cc2F)cc1C)C(=O)NC1CCCC1. The number of benzene rings is 2. The number of rotatable bonds is 7. The first-order valence-electron chi connectivity index (χ1n) is 12.6. The van der Waals surface area contributed by atoms with Crippen LogP contribution in [0.15, 0.2) is 35.9 Å². The zero-order chi connectivity index (χ0) is 23.4. The van der Waals surface area contributed by atoms with Crippen LogP contribution in [0.25, 0.3) is 17.2 Å². The molecule has 2 fully saturated rings. The zero-order valence-electron chi connectivity index (χ0n) is 20.3. The van der Waals surface area contributed by atoms with Crippen molar-refractivity contribution in [1.29, 1.82) is 0 Å². The molecule has 2 aliphatic rings. The summed E-state index contributed by atoms with van der Waals surface area (Å²) in [5.41, 5.74) is 6.26. The summed E-state index contributed by atoms with van der Waals surface area (Å²) in [6.45, 7) is 6.07. The topological polar surface area (TPSA) is 41.1 Å². The maximum Gasteiger partial charge on any atom is 0.247 e. The summed E-state index contributed by atoms with van der Waals surface area (Å²) < 4.78 is 15.1. The highest BCUT2D eigenvalue weighted by Gasteiger charge is 2.19. The van der Waals surface area contributed by atoms with Crippen molar-refractivity contribution in [3.05, 3.63) is 58.4 Å². The second-order valence-electron chi connectivity index (χ2n) is 9.82. The van der Waals surface area contributed by atoms with Crippen molar-refractivity contribution in [3.63, 3.8) is 0 Å². The van der Waals surface area contributed by atoms with Crippen LogP contribution in [0.4, 0.5) is 10.1 Å². The number of aryl methyl sites for hydroxylation is 2. The second-order valence-corrected chi connectivity index (χ2v) is 9.82. The molecule has 2 aromatic carbocycles. The van der Waals surface area contributed by atoms with Gasteiger partial charge in [-0.25, -0.2) is 4.39 Å². The van der Waals surface area contributed by atoms with Gasteiger partial charge in [-0.3, -0.25) is 4.79 Å². The van der Waals surface area contributed by atoms with Gasteiger partial charge in [0.15, 0.2) is 0 Å². The maximum absolute atomic E-state index is 15.1. The molecule has 0 bridgehead atoms. The van der Waals surface area contributed by atoms with Gasteiger partial charge < -0.3 is 10.6 Å². The van der Waals surface area contributed by atoms with E-state index >= 15 is 4.39 Å². The van der Waals surface area contributed by atoms with Crippen LogP contribution in [0.1, 0.15) is 81.4 Å². The van der Waals surface area contributed by atoms with Gasteiger partial charge in [-0.1, -0.05) is 44.7 Å². The Balaban J connectivity index is 1.55. The summed E-state index contributed by atoms with van der Waals surface area (Å²) >= 11 is 0. The van der Waals surface area contributed by atoms with E-state index in [2.05, 4.69) is 16.7 Å². The average molecular weight is 449 g/mol. The van der Waals surface area contributed by atoms with E-state index in [1.54, 1.807) is 6.07 Å². The lowest BCUT2D eigenvalue weighted by Gasteiger charge is -2.16. The van der Waals surface area contributed by atoms with E-state index in [4.69, 9.17) is 0 Å². The van der Waals surface area contributed by atoms with Crippen molar-refractivity contribution >= 4 is 17.7 Å². The number of carbonyl (C=O) groups is 1. The Kier molecular flexibility index (Phi) is 7.52. The molecule has 0 aliphatic heterocycles. The second kappa shape index (κ2) is 10.5. The number of anilines is 1. The molecular formula is C29H37FN2O. The predicted molar refractivity (Wildman–Crippen MR) is 136 cm³/mol. The monoisotopic (exact) mass is 448 g/mol. The predicted octanol–water partition coefficient (Wildman–Crippen LogP) is 7.32. The van der Waals surface area contributed by atoms with E-state index < -0.39 is 0 Å². The molecule has 33 heavy (non-hydrogen) atoms. The molecule has 0 spiro atoms. The van der Waals surface area contributed by atoms with Gasteiger partial charge in [-0.15, -0.1) is 0 Å². The molecule has 3 nitrogen and oxygen atoms in total. The molecule has 176 valence electrons. The first-order valence-corrected chi connectivity index (χ1v) is 12.6. The van der Waals surface area contributed by atoms with Crippen LogP contribution in [-0.2, 0) is 4.79 Å². The third-order valence-electron chi connectivity index (χ3n) is 7.29. The van der Waals surface area contributed by atoms with Gasteiger partial charge in [0.1, 0.15) is 5.82 Å². The number of nitrogens with one attached hydrogen (secondary N) is 2. The largest absolute Gasteiger partial charge is 0.382 e. The van der Waals surface area contributed by atoms with Crippen LogP contribution in [0, 0.1) is 19.7 Å². The summed E-state index contributed by atoms with van der Waals surface area (Å²) in [5, 5.41) is 6.67. The first kappa shape index (κ1) is 23.5. The third kappa shape index (κ3) is 5.66. The number of hydrogen-bond donors (Lipinski definition) is 2. The summed E-state index contributed by atoms with van der Waals surface area (Å²) in [6.07, 6.45) is 12.1. The van der Waals surface area contributed by atoms with Gasteiger partial charge in [0.05, 0.1) is 0 Å². The fourth-order valence-electron chi connectivity index (χ4n) is 5.28. The number of hydrogen-bond acceptors (Lipinski definition) is 2. The fourth-order valence-corrected chi connectivity index (χ4v) is 5.28. The average Bonchev–Trinajstić information content (AvgIpc) is 3.49. The Labute approximate surface area is 197 Å². The highest BCUT2D eigenvalue weighted by Crippen LogP contribution is 2.32. The molecule has 4 rings (SSSR count). The van der Waals surface area contributed by atoms with Crippen LogP contribution in [0.5, 0.6) is 0 Å². The zero-order valence-corrected chi connectivity index (χ0v) is 20.3. The van der Waals surface area contributed by atoms with Crippen molar-refractivity contribution in [2.24, 2.45) is 0 Å². The molecule has 0 atom stereocenters. The standard InChI is InChI=1S/C29H37FN2O/c1-4-21(29(33)32-24-11-7-8-12-24)17-22-15-20(3)27(16-19(22)2)26-14-13-25(18-28(26)30)31-23-9-5-6-10-23/h13-18,23-24,31H,4-12H2,1-3H3,(H,32,33). The van der Waals surface area contributed by atoms with Crippen molar-refractivity contribution in [2.45, 2.75) is 90.6 Å². The van der Waals surface area contributed by atoms with Crippen molar-refractivity contribution in [1.82, 2.24) is 5.32 Å². The Morgan fingerprint density at radius 1 is 0.939 bits per heavy atom. The van der Waals surface area contributed by atoms with E-state index in [-0.39, 0.29) is 11.7 Å². The fraction of sp³-hybridized carbons (Fsp3) is 0.483. The van der Waals surface area contributed by atoms with Crippen LogP contribution in [0.3, 0.4) is 0 Å². The lowest BCUT2D eigenvalue weighted by Crippen LogP contribution is -2.33. The molecule has 2 aromatic rings. The summed E-state index contributed by atoms with van der Waals surface area (Å²) in [6, 6.07) is 10.4. The summed E-state index contributed by atoms with van der Waals surface area (Å²) in [4.78, 5) is 12.8. The Hall–Kier alpha value is -2.62. The van der Waals surface area contributed by atoms with Gasteiger partial charge >= 0.3 is 0 Å². The molecular weight excluding hydrogens is 411 g/mol. The quantitative estimate of drug-likeness (QED) is 0.436. The van der Waals surface area contributed by atoms with Gasteiger partial charge in [-0.05, 0) is 92.5 Å². The van der Waals surface area contributed by atoms with E-state index in [0.717, 1.165) is 59.2 Å². The van der Waals surface area contributed by atoms with E-state index in [9.17, 15) is 4.79 Å². The molecule has 4 heteroatoms. The van der Waals surface area contributed by atoms with Gasteiger partial charge in [0, 0.05) is 28.9 Å². The summed E-state index contributed by atoms with van der Waals surface area (Å²) in [5.74, 6) is -0.157. The maximum atomic E-state index is 15.1. The van der Waals surface area contributed by atoms with E-state index in [1.165, 1.54) is 25.7 Å². The Bertz CT molecular complexity index is 1030. The lowest BCUT2D eigenvalue weighted by molar-refractivity contribution is -0.118. The molecule has 0 heterocycles. The Morgan fingerprint density at radius 3 is 2.24 bits per heavy atom. The van der Waals surface area contributed by atoms with Crippen molar-refractivity contribution in [2.75, 3.05) is 5.32 Å². The van der Waals surface area contributed by atoms with Gasteiger partial charge in [0.2, 0.25) is 5.91 Å². The molecule has 2 aliphatic carbocycles. The normalized spacial score (nSPS) is 17.5. The third-order valence-corrected chi connectivity index (χ3v) is 7.29. The lowest BCUT2D eigenvalue weighted by atomic mass is 9.93. The number of carbonyl (C=O) groups excluding carboxylic acids is 1. The van der Waals surface area contributed by atoms with Crippen LogP contribution < -0.4 is 10.6 Å². The van der Waals surface area contributed by atoms with Gasteiger partial charge in [-0.2, -0.15) is 0 Å². The molecule has 0 radical (unpaired) electrons. The Morgan fingerprint density at radius 2 is 1.61 bits per heavy atom. The van der Waals surface area contributed by atoms with E-state index in [0.29, 0.717) is 24.1 Å². The van der Waals surface area contributed by atoms with Crippen LogP contribution >= 0.6 is 0 Å². The van der Waals surface area contributed by atoms with Crippen LogP contribution in [-0.4, -0.2) is 18.0 Å². The molecule has 0 saturated heterocycles. The highest BCUT2D eigenvalue weighted by molar-refractivity contribution is 5.98. The molecule has 0 aromatic heterocycles. The van der Waals surface area contributed by atoms with E-state index in [1.807, 2.05) is 45.0 Å². The summed E-state index contributed by atoms with van der Waals surface area (Å²) in [7, 11) is 0. The highest BCUT2D eigenvalue weighted by atomic mass is 19.1. The molecule has 0 unspecified atom stereocenters. The minimum absolute atomic E-state index is 0.0434. The minimum Gasteiger partial charge on any atom is -0.382 e. The molecule has 2 saturated carbocycles. The van der Waals surface area contributed by atoms with Crippen molar-refractivity contribution < 1.29 is 9.18 Å². The van der Waals surface area contributed by atoms with Crippen molar-refractivity contribution in [3.8, 4) is 11.1 Å². The number of amides is 1. The molecule has 1 amide bonds. The van der Waals surface area contributed by atoms with Crippen LogP contribution in [0.2, 0.25) is 0 Å². The smallest absolute Gasteiger partial charge is 0.247 e.